The maximum atomic E-state index is 10.4. The van der Waals surface area contributed by atoms with Crippen LogP contribution in [0.4, 0.5) is 0 Å². The first-order chi connectivity index (χ1) is 8.16. The first-order valence-corrected chi connectivity index (χ1v) is 5.09. The molecule has 2 heterocycles. The zero-order chi connectivity index (χ0) is 12.3. The largest absolute Gasteiger partial charge is 0.481 e. The third-order valence-electron chi connectivity index (χ3n) is 2.34. The summed E-state index contributed by atoms with van der Waals surface area (Å²) < 4.78 is 3.24. The van der Waals surface area contributed by atoms with Crippen LogP contribution in [-0.2, 0) is 18.4 Å². The van der Waals surface area contributed by atoms with E-state index in [9.17, 15) is 4.79 Å². The number of aryl methyl sites for hydroxylation is 2. The molecule has 0 saturated heterocycles. The van der Waals surface area contributed by atoms with Gasteiger partial charge in [-0.05, 0) is 5.10 Å². The first-order valence-electron chi connectivity index (χ1n) is 5.09. The Morgan fingerprint density at radius 2 is 2.35 bits per heavy atom. The van der Waals surface area contributed by atoms with Gasteiger partial charge in [0.05, 0.1) is 11.9 Å². The second-order valence-corrected chi connectivity index (χ2v) is 3.57. The van der Waals surface area contributed by atoms with Crippen molar-refractivity contribution in [2.75, 3.05) is 0 Å². The fourth-order valence-corrected chi connectivity index (χ4v) is 1.43. The molecule has 0 aliphatic rings. The fraction of sp³-hybridized carbons (Fsp3) is 0.300. The van der Waals surface area contributed by atoms with Crippen LogP contribution in [0.3, 0.4) is 0 Å². The van der Waals surface area contributed by atoms with Gasteiger partial charge in [-0.2, -0.15) is 0 Å². The van der Waals surface area contributed by atoms with Crippen molar-refractivity contribution in [3.05, 3.63) is 24.7 Å². The van der Waals surface area contributed by atoms with Crippen molar-refractivity contribution in [3.63, 3.8) is 0 Å². The van der Waals surface area contributed by atoms with E-state index < -0.39 is 5.97 Å². The molecule has 1 N–H and O–H groups in total. The monoisotopic (exact) mass is 234 g/mol. The molecule has 7 nitrogen and oxygen atoms in total. The van der Waals surface area contributed by atoms with Crippen molar-refractivity contribution < 1.29 is 14.6 Å². The Morgan fingerprint density at radius 1 is 1.53 bits per heavy atom. The van der Waals surface area contributed by atoms with Crippen LogP contribution in [0.5, 0.6) is 0 Å². The molecule has 0 aliphatic carbocycles. The lowest BCUT2D eigenvalue weighted by atomic mass is 10.2. The van der Waals surface area contributed by atoms with Gasteiger partial charge in [-0.1, -0.05) is 9.90 Å². The number of aromatic nitrogens is 5. The van der Waals surface area contributed by atoms with Gasteiger partial charge in [0, 0.05) is 18.7 Å². The van der Waals surface area contributed by atoms with Crippen LogP contribution in [0.25, 0.3) is 11.3 Å². The molecule has 0 aromatic carbocycles. The summed E-state index contributed by atoms with van der Waals surface area (Å²) in [5.74, 6) is -0.834. The molecule has 0 fully saturated rings. The summed E-state index contributed by atoms with van der Waals surface area (Å²) >= 11 is 0. The molecule has 88 valence electrons. The Labute approximate surface area is 97.3 Å². The van der Waals surface area contributed by atoms with Gasteiger partial charge >= 0.3 is 5.97 Å². The second kappa shape index (κ2) is 4.69. The predicted molar refractivity (Wildman–Crippen MR) is 56.7 cm³/mol. The highest BCUT2D eigenvalue weighted by atomic mass is 16.4. The molecule has 0 unspecified atom stereocenters. The maximum Gasteiger partial charge on any atom is 0.309 e. The number of nitrogens with zero attached hydrogens (tertiary/aromatic N) is 5. The fourth-order valence-electron chi connectivity index (χ4n) is 1.43. The van der Waals surface area contributed by atoms with Crippen LogP contribution < -0.4 is 4.68 Å². The van der Waals surface area contributed by atoms with Crippen LogP contribution in [0, 0.1) is 0 Å². The summed E-state index contributed by atoms with van der Waals surface area (Å²) in [6, 6.07) is 1.85. The van der Waals surface area contributed by atoms with Crippen molar-refractivity contribution in [1.29, 1.82) is 0 Å². The van der Waals surface area contributed by atoms with E-state index in [0.29, 0.717) is 6.54 Å². The van der Waals surface area contributed by atoms with Gasteiger partial charge in [0.15, 0.2) is 12.7 Å². The number of aliphatic carboxylic acids is 1. The van der Waals surface area contributed by atoms with Gasteiger partial charge in [-0.3, -0.25) is 4.79 Å². The third kappa shape index (κ3) is 2.63. The molecule has 2 rings (SSSR count). The van der Waals surface area contributed by atoms with Gasteiger partial charge in [-0.25, -0.2) is 4.68 Å². The Bertz CT molecular complexity index is 520. The summed E-state index contributed by atoms with van der Waals surface area (Å²) in [5.41, 5.74) is 1.76. The molecule has 0 aliphatic heterocycles. The lowest BCUT2D eigenvalue weighted by Gasteiger charge is -1.98. The number of carboxylic acid groups (broad SMARTS) is 1. The van der Waals surface area contributed by atoms with Gasteiger partial charge in [0.2, 0.25) is 0 Å². The molecule has 0 radical (unpaired) electrons. The Balaban J connectivity index is 2.13. The van der Waals surface area contributed by atoms with Crippen LogP contribution in [-0.4, -0.2) is 31.2 Å². The quantitative estimate of drug-likeness (QED) is 0.730. The highest BCUT2D eigenvalue weighted by molar-refractivity contribution is 5.66. The molecule has 0 spiro atoms. The van der Waals surface area contributed by atoms with E-state index in [1.165, 1.54) is 0 Å². The molecule has 0 bridgehead atoms. The van der Waals surface area contributed by atoms with Crippen LogP contribution in [0.15, 0.2) is 24.7 Å². The van der Waals surface area contributed by atoms with E-state index >= 15 is 0 Å². The van der Waals surface area contributed by atoms with Crippen molar-refractivity contribution in [3.8, 4) is 11.3 Å². The maximum absolute atomic E-state index is 10.4. The highest BCUT2D eigenvalue weighted by Crippen LogP contribution is 2.13. The number of carbonyl (C=O) groups is 1. The lowest BCUT2D eigenvalue weighted by Crippen LogP contribution is -2.38. The van der Waals surface area contributed by atoms with Crippen LogP contribution in [0.2, 0.25) is 0 Å². The summed E-state index contributed by atoms with van der Waals surface area (Å²) in [5, 5.41) is 20.3. The summed E-state index contributed by atoms with van der Waals surface area (Å²) in [7, 11) is 1.80. The molecule has 17 heavy (non-hydrogen) atoms. The highest BCUT2D eigenvalue weighted by Gasteiger charge is 2.09. The summed E-state index contributed by atoms with van der Waals surface area (Å²) in [6.07, 6.45) is 5.12. The molecule has 2 aromatic rings. The topological polar surface area (TPSA) is 84.8 Å². The van der Waals surface area contributed by atoms with Crippen molar-refractivity contribution in [2.24, 2.45) is 7.05 Å². The van der Waals surface area contributed by atoms with E-state index in [2.05, 4.69) is 15.4 Å². The Morgan fingerprint density at radius 3 is 2.88 bits per heavy atom. The minimum Gasteiger partial charge on any atom is -0.481 e. The normalized spacial score (nSPS) is 10.4. The average molecular weight is 234 g/mol. The zero-order valence-corrected chi connectivity index (χ0v) is 9.32. The predicted octanol–water partition coefficient (Wildman–Crippen LogP) is -0.361. The van der Waals surface area contributed by atoms with E-state index in [1.807, 2.05) is 6.07 Å². The molecular formula is C10H12N5O2+. The molecule has 2 aromatic heterocycles. The third-order valence-corrected chi connectivity index (χ3v) is 2.34. The first kappa shape index (κ1) is 11.2. The van der Waals surface area contributed by atoms with Crippen LogP contribution in [0.1, 0.15) is 6.42 Å². The van der Waals surface area contributed by atoms with Crippen molar-refractivity contribution in [2.45, 2.75) is 13.0 Å². The average Bonchev–Trinajstić information content (AvgIpc) is 2.73. The number of carboxylic acids is 1. The molecule has 7 heteroatoms. The van der Waals surface area contributed by atoms with E-state index in [-0.39, 0.29) is 6.42 Å². The van der Waals surface area contributed by atoms with Crippen molar-refractivity contribution in [1.82, 2.24) is 20.1 Å². The van der Waals surface area contributed by atoms with E-state index in [0.717, 1.165) is 11.3 Å². The smallest absolute Gasteiger partial charge is 0.309 e. The zero-order valence-electron chi connectivity index (χ0n) is 9.32. The number of hydrogen-bond donors (Lipinski definition) is 1. The van der Waals surface area contributed by atoms with Crippen LogP contribution >= 0.6 is 0 Å². The Kier molecular flexibility index (Phi) is 3.08. The minimum atomic E-state index is -0.834. The standard InChI is InChI=1S/C10H11N5O2/c1-14-9(7-11-13-14)8-2-4-15(12-6-8)5-3-10(16)17/h2,4,6-7H,3,5H2,1H3/p+1. The summed E-state index contributed by atoms with van der Waals surface area (Å²) in [4.78, 5) is 10.4. The molecular weight excluding hydrogens is 222 g/mol. The van der Waals surface area contributed by atoms with Gasteiger partial charge in [0.1, 0.15) is 12.6 Å². The minimum absolute atomic E-state index is 0.0598. The number of hydrogen-bond acceptors (Lipinski definition) is 4. The Hall–Kier alpha value is -2.31. The number of rotatable bonds is 4. The molecule has 0 amide bonds. The van der Waals surface area contributed by atoms with Gasteiger partial charge in [-0.15, -0.1) is 5.10 Å². The van der Waals surface area contributed by atoms with Gasteiger partial charge in [0.25, 0.3) is 0 Å². The van der Waals surface area contributed by atoms with Crippen molar-refractivity contribution >= 4 is 5.97 Å². The van der Waals surface area contributed by atoms with E-state index in [1.54, 1.807) is 35.0 Å². The molecule has 0 saturated carbocycles. The van der Waals surface area contributed by atoms with E-state index in [4.69, 9.17) is 5.11 Å². The SMILES string of the molecule is Cn1nncc1-c1cc[n+](CCC(=O)O)nc1. The molecule has 0 atom stereocenters. The summed E-state index contributed by atoms with van der Waals surface area (Å²) in [6.45, 7) is 0.360. The lowest BCUT2D eigenvalue weighted by molar-refractivity contribution is -0.752. The second-order valence-electron chi connectivity index (χ2n) is 3.57. The van der Waals surface area contributed by atoms with Gasteiger partial charge < -0.3 is 5.11 Å².